The molecule has 0 saturated carbocycles. The Hall–Kier alpha value is -0.460. The Morgan fingerprint density at radius 1 is 1.67 bits per heavy atom. The normalized spacial score (nSPS) is 21.0. The Labute approximate surface area is 68.9 Å². The molecule has 0 fully saturated rings. The quantitative estimate of drug-likeness (QED) is 0.419. The zero-order valence-corrected chi connectivity index (χ0v) is 7.27. The fourth-order valence-corrected chi connectivity index (χ4v) is 1.11. The van der Waals surface area contributed by atoms with Crippen LogP contribution in [0.2, 0.25) is 0 Å². The van der Waals surface area contributed by atoms with Crippen LogP contribution in [-0.2, 0) is 13.9 Å². The van der Waals surface area contributed by atoms with E-state index in [9.17, 15) is 9.36 Å². The first-order chi connectivity index (χ1) is 5.24. The molecule has 3 atom stereocenters. The Bertz CT molecular complexity index is 213. The lowest BCUT2D eigenvalue weighted by molar-refractivity contribution is -0.140. The van der Waals surface area contributed by atoms with E-state index in [0.29, 0.717) is 0 Å². The van der Waals surface area contributed by atoms with Gasteiger partial charge in [0.1, 0.15) is 6.04 Å². The number of nitrogens with two attached hydrogens (primary N) is 2. The summed E-state index contributed by atoms with van der Waals surface area (Å²) < 4.78 is 14.7. The highest BCUT2D eigenvalue weighted by molar-refractivity contribution is 7.50. The molecule has 0 spiro atoms. The maximum atomic E-state index is 10.4. The van der Waals surface area contributed by atoms with E-state index in [-0.39, 0.29) is 0 Å². The van der Waals surface area contributed by atoms with Crippen molar-refractivity contribution < 1.29 is 23.9 Å². The molecule has 0 aromatic rings. The van der Waals surface area contributed by atoms with Gasteiger partial charge in [0.25, 0.3) is 0 Å². The third-order valence-electron chi connectivity index (χ3n) is 1.11. The lowest BCUT2D eigenvalue weighted by Gasteiger charge is -2.17. The van der Waals surface area contributed by atoms with E-state index in [1.165, 1.54) is 6.92 Å². The van der Waals surface area contributed by atoms with Crippen LogP contribution >= 0.6 is 7.75 Å². The minimum Gasteiger partial charge on any atom is -0.480 e. The largest absolute Gasteiger partial charge is 0.480 e. The van der Waals surface area contributed by atoms with Gasteiger partial charge in [0.2, 0.25) is 0 Å². The average molecular weight is 198 g/mol. The fraction of sp³-hybridized carbons (Fsp3) is 0.750. The molecule has 0 bridgehead atoms. The zero-order valence-electron chi connectivity index (χ0n) is 6.38. The van der Waals surface area contributed by atoms with Gasteiger partial charge in [-0.25, -0.2) is 10.1 Å². The molecule has 0 aromatic carbocycles. The molecule has 1 unspecified atom stereocenters. The van der Waals surface area contributed by atoms with E-state index >= 15 is 0 Å². The van der Waals surface area contributed by atoms with Gasteiger partial charge in [-0.3, -0.25) is 9.32 Å². The van der Waals surface area contributed by atoms with Gasteiger partial charge in [-0.15, -0.1) is 0 Å². The van der Waals surface area contributed by atoms with E-state index in [1.54, 1.807) is 0 Å². The lowest BCUT2D eigenvalue weighted by atomic mass is 10.2. The molecule has 0 rings (SSSR count). The monoisotopic (exact) mass is 198 g/mol. The van der Waals surface area contributed by atoms with Crippen LogP contribution in [0.4, 0.5) is 0 Å². The Morgan fingerprint density at radius 2 is 2.08 bits per heavy atom. The Kier molecular flexibility index (Phi) is 3.82. The van der Waals surface area contributed by atoms with Crippen molar-refractivity contribution in [2.45, 2.75) is 19.1 Å². The van der Waals surface area contributed by atoms with Crippen LogP contribution in [0.1, 0.15) is 6.92 Å². The van der Waals surface area contributed by atoms with Crippen LogP contribution in [-0.4, -0.2) is 28.1 Å². The van der Waals surface area contributed by atoms with Crippen LogP contribution in [0.15, 0.2) is 0 Å². The maximum absolute atomic E-state index is 10.4. The number of carbonyl (C=O) groups is 1. The first kappa shape index (κ1) is 11.5. The summed E-state index contributed by atoms with van der Waals surface area (Å²) in [6.07, 6.45) is -1.11. The Balaban J connectivity index is 4.13. The van der Waals surface area contributed by atoms with E-state index in [2.05, 4.69) is 10.0 Å². The van der Waals surface area contributed by atoms with Crippen molar-refractivity contribution in [3.63, 3.8) is 0 Å². The lowest BCUT2D eigenvalue weighted by Crippen LogP contribution is -2.41. The van der Waals surface area contributed by atoms with Crippen molar-refractivity contribution in [3.8, 4) is 0 Å². The minimum atomic E-state index is -4.16. The van der Waals surface area contributed by atoms with Gasteiger partial charge in [0.15, 0.2) is 0 Å². The number of carboxylic acid groups (broad SMARTS) is 1. The molecule has 7 nitrogen and oxygen atoms in total. The molecule has 8 heteroatoms. The van der Waals surface area contributed by atoms with E-state index in [4.69, 9.17) is 15.7 Å². The summed E-state index contributed by atoms with van der Waals surface area (Å²) in [5.41, 5.74) is 9.67. The second kappa shape index (κ2) is 3.97. The average Bonchev–Trinajstić information content (AvgIpc) is 1.82. The van der Waals surface area contributed by atoms with E-state index in [1.807, 2.05) is 0 Å². The van der Waals surface area contributed by atoms with Gasteiger partial charge in [0.05, 0.1) is 6.10 Å². The molecule has 0 saturated heterocycles. The highest BCUT2D eigenvalue weighted by Gasteiger charge is 2.26. The third kappa shape index (κ3) is 4.42. The van der Waals surface area contributed by atoms with Crippen molar-refractivity contribution in [2.24, 2.45) is 11.2 Å². The second-order valence-electron chi connectivity index (χ2n) is 2.24. The van der Waals surface area contributed by atoms with Crippen molar-refractivity contribution in [3.05, 3.63) is 0 Å². The first-order valence-electron chi connectivity index (χ1n) is 3.02. The van der Waals surface area contributed by atoms with E-state index in [0.717, 1.165) is 0 Å². The van der Waals surface area contributed by atoms with Crippen LogP contribution in [0.25, 0.3) is 0 Å². The topological polar surface area (TPSA) is 136 Å². The molecular weight excluding hydrogens is 187 g/mol. The van der Waals surface area contributed by atoms with Crippen LogP contribution in [0.3, 0.4) is 0 Å². The highest BCUT2D eigenvalue weighted by atomic mass is 31.2. The van der Waals surface area contributed by atoms with Crippen LogP contribution in [0, 0.1) is 0 Å². The van der Waals surface area contributed by atoms with Gasteiger partial charge in [0, 0.05) is 0 Å². The first-order valence-corrected chi connectivity index (χ1v) is 4.67. The SMILES string of the molecule is C[C@@H](OP(N)(=O)O)[C@H](N)C(=O)O. The third-order valence-corrected chi connectivity index (χ3v) is 1.74. The number of hydrogen-bond donors (Lipinski definition) is 4. The number of hydrogen-bond acceptors (Lipinski definition) is 4. The molecule has 0 amide bonds. The fourth-order valence-electron chi connectivity index (χ4n) is 0.505. The maximum Gasteiger partial charge on any atom is 0.400 e. The molecule has 6 N–H and O–H groups in total. The van der Waals surface area contributed by atoms with Crippen molar-refractivity contribution in [2.75, 3.05) is 0 Å². The molecule has 12 heavy (non-hydrogen) atoms. The standard InChI is InChI=1S/C4H11N2O5P/c1-2(3(5)4(7)8)11-12(6,9)10/h2-3H,5H2,1H3,(H,7,8)(H3,6,9,10)/t2-,3+/m1/s1. The van der Waals surface area contributed by atoms with Gasteiger partial charge in [-0.05, 0) is 6.92 Å². The summed E-state index contributed by atoms with van der Waals surface area (Å²) >= 11 is 0. The highest BCUT2D eigenvalue weighted by Crippen LogP contribution is 2.33. The molecule has 0 aliphatic rings. The summed E-state index contributed by atoms with van der Waals surface area (Å²) in [7, 11) is -4.16. The number of carboxylic acids is 1. The molecule has 0 heterocycles. The predicted molar refractivity (Wildman–Crippen MR) is 40.2 cm³/mol. The number of rotatable bonds is 4. The predicted octanol–water partition coefficient (Wildman–Crippen LogP) is -1.14. The summed E-state index contributed by atoms with van der Waals surface area (Å²) in [4.78, 5) is 18.7. The molecule has 0 aliphatic carbocycles. The smallest absolute Gasteiger partial charge is 0.400 e. The van der Waals surface area contributed by atoms with Gasteiger partial charge in [-0.2, -0.15) is 0 Å². The summed E-state index contributed by atoms with van der Waals surface area (Å²) in [5.74, 6) is -1.32. The number of aliphatic carboxylic acids is 1. The minimum absolute atomic E-state index is 1.11. The molecule has 72 valence electrons. The molecule has 0 aromatic heterocycles. The zero-order chi connectivity index (χ0) is 9.94. The summed E-state index contributed by atoms with van der Waals surface area (Å²) in [6, 6.07) is -1.37. The molecule has 0 radical (unpaired) electrons. The van der Waals surface area contributed by atoms with Gasteiger partial charge >= 0.3 is 13.7 Å². The van der Waals surface area contributed by atoms with E-state index < -0.39 is 25.9 Å². The summed E-state index contributed by atoms with van der Waals surface area (Å²) in [6.45, 7) is 1.24. The van der Waals surface area contributed by atoms with Crippen molar-refractivity contribution in [1.82, 2.24) is 0 Å². The summed E-state index contributed by atoms with van der Waals surface area (Å²) in [5, 5.41) is 8.33. The van der Waals surface area contributed by atoms with Crippen molar-refractivity contribution in [1.29, 1.82) is 0 Å². The van der Waals surface area contributed by atoms with Crippen LogP contribution in [0.5, 0.6) is 0 Å². The second-order valence-corrected chi connectivity index (χ2v) is 3.58. The molecule has 0 aliphatic heterocycles. The molecular formula is C4H11N2O5P. The Morgan fingerprint density at radius 3 is 2.33 bits per heavy atom. The van der Waals surface area contributed by atoms with Crippen LogP contribution < -0.4 is 11.2 Å². The van der Waals surface area contributed by atoms with Crippen molar-refractivity contribution >= 4 is 13.7 Å². The van der Waals surface area contributed by atoms with Gasteiger partial charge in [-0.1, -0.05) is 0 Å². The van der Waals surface area contributed by atoms with Gasteiger partial charge < -0.3 is 15.7 Å².